The third kappa shape index (κ3) is 2.72. The molecule has 2 atom stereocenters. The largest absolute Gasteiger partial charge is 0.467 e. The molecule has 0 aromatic carbocycles. The molecule has 5 nitrogen and oxygen atoms in total. The third-order valence-electron chi connectivity index (χ3n) is 3.51. The Kier molecular flexibility index (Phi) is 3.66. The quantitative estimate of drug-likeness (QED) is 0.913. The SMILES string of the molecule is Cn1ccnc1C(NC1CCCOC1)c1ccco1. The molecule has 1 aliphatic heterocycles. The van der Waals surface area contributed by atoms with Crippen molar-refractivity contribution >= 4 is 0 Å². The molecule has 0 radical (unpaired) electrons. The minimum Gasteiger partial charge on any atom is -0.467 e. The molecule has 3 heterocycles. The minimum atomic E-state index is -0.0262. The highest BCUT2D eigenvalue weighted by molar-refractivity contribution is 5.16. The number of imidazole rings is 1. The summed E-state index contributed by atoms with van der Waals surface area (Å²) in [4.78, 5) is 4.44. The summed E-state index contributed by atoms with van der Waals surface area (Å²) >= 11 is 0. The number of hydrogen-bond acceptors (Lipinski definition) is 4. The Morgan fingerprint density at radius 2 is 2.47 bits per heavy atom. The van der Waals surface area contributed by atoms with Gasteiger partial charge in [0.15, 0.2) is 0 Å². The van der Waals surface area contributed by atoms with Crippen molar-refractivity contribution < 1.29 is 9.15 Å². The number of ether oxygens (including phenoxy) is 1. The molecule has 1 fully saturated rings. The van der Waals surface area contributed by atoms with Gasteiger partial charge in [-0.2, -0.15) is 0 Å². The summed E-state index contributed by atoms with van der Waals surface area (Å²) in [7, 11) is 2.00. The molecule has 0 amide bonds. The molecule has 2 unspecified atom stereocenters. The topological polar surface area (TPSA) is 52.2 Å². The molecule has 2 aromatic rings. The summed E-state index contributed by atoms with van der Waals surface area (Å²) in [6.45, 7) is 1.62. The highest BCUT2D eigenvalue weighted by Crippen LogP contribution is 2.22. The zero-order valence-electron chi connectivity index (χ0n) is 11.1. The fourth-order valence-corrected chi connectivity index (χ4v) is 2.50. The van der Waals surface area contributed by atoms with E-state index in [4.69, 9.17) is 9.15 Å². The van der Waals surface area contributed by atoms with Gasteiger partial charge in [-0.05, 0) is 25.0 Å². The second-order valence-electron chi connectivity index (χ2n) is 4.93. The van der Waals surface area contributed by atoms with Gasteiger partial charge in [-0.25, -0.2) is 4.98 Å². The van der Waals surface area contributed by atoms with Crippen LogP contribution in [0.4, 0.5) is 0 Å². The summed E-state index contributed by atoms with van der Waals surface area (Å²) in [5.41, 5.74) is 0. The van der Waals surface area contributed by atoms with Crippen molar-refractivity contribution in [3.8, 4) is 0 Å². The Labute approximate surface area is 112 Å². The van der Waals surface area contributed by atoms with E-state index in [1.165, 1.54) is 0 Å². The van der Waals surface area contributed by atoms with E-state index in [9.17, 15) is 0 Å². The maximum absolute atomic E-state index is 5.56. The van der Waals surface area contributed by atoms with E-state index in [1.807, 2.05) is 36.1 Å². The molecule has 0 aliphatic carbocycles. The second kappa shape index (κ2) is 5.59. The predicted molar refractivity (Wildman–Crippen MR) is 70.7 cm³/mol. The molecule has 2 aromatic heterocycles. The van der Waals surface area contributed by atoms with Crippen molar-refractivity contribution in [2.24, 2.45) is 7.05 Å². The van der Waals surface area contributed by atoms with Crippen LogP contribution in [-0.4, -0.2) is 28.8 Å². The molecule has 0 spiro atoms. The van der Waals surface area contributed by atoms with E-state index in [2.05, 4.69) is 10.3 Å². The summed E-state index contributed by atoms with van der Waals surface area (Å²) in [5.74, 6) is 1.85. The Bertz CT molecular complexity index is 501. The number of hydrogen-bond donors (Lipinski definition) is 1. The van der Waals surface area contributed by atoms with Crippen LogP contribution >= 0.6 is 0 Å². The van der Waals surface area contributed by atoms with Gasteiger partial charge in [0.25, 0.3) is 0 Å². The lowest BCUT2D eigenvalue weighted by atomic mass is 10.1. The lowest BCUT2D eigenvalue weighted by molar-refractivity contribution is 0.0666. The van der Waals surface area contributed by atoms with Gasteiger partial charge in [0.05, 0.1) is 12.9 Å². The van der Waals surface area contributed by atoms with Crippen LogP contribution in [-0.2, 0) is 11.8 Å². The first kappa shape index (κ1) is 12.4. The Hall–Kier alpha value is -1.59. The van der Waals surface area contributed by atoms with Gasteiger partial charge < -0.3 is 13.7 Å². The van der Waals surface area contributed by atoms with E-state index in [0.717, 1.165) is 37.6 Å². The van der Waals surface area contributed by atoms with E-state index in [1.54, 1.807) is 6.26 Å². The molecule has 3 rings (SSSR count). The molecule has 0 bridgehead atoms. The van der Waals surface area contributed by atoms with E-state index in [-0.39, 0.29) is 6.04 Å². The summed E-state index contributed by atoms with van der Waals surface area (Å²) < 4.78 is 13.1. The maximum Gasteiger partial charge on any atom is 0.133 e. The minimum absolute atomic E-state index is 0.0262. The summed E-state index contributed by atoms with van der Waals surface area (Å²) in [6, 6.07) is 4.21. The maximum atomic E-state index is 5.56. The van der Waals surface area contributed by atoms with Gasteiger partial charge in [-0.3, -0.25) is 5.32 Å². The van der Waals surface area contributed by atoms with E-state index >= 15 is 0 Å². The summed E-state index contributed by atoms with van der Waals surface area (Å²) in [6.07, 6.45) is 7.68. The number of rotatable bonds is 4. The third-order valence-corrected chi connectivity index (χ3v) is 3.51. The van der Waals surface area contributed by atoms with Crippen LogP contribution in [0.5, 0.6) is 0 Å². The first-order chi connectivity index (χ1) is 9.34. The average molecular weight is 261 g/mol. The number of nitrogens with zero attached hydrogens (tertiary/aromatic N) is 2. The van der Waals surface area contributed by atoms with Crippen LogP contribution in [0.1, 0.15) is 30.5 Å². The Morgan fingerprint density at radius 1 is 1.53 bits per heavy atom. The first-order valence-electron chi connectivity index (χ1n) is 6.69. The highest BCUT2D eigenvalue weighted by atomic mass is 16.5. The Balaban J connectivity index is 1.82. The number of furan rings is 1. The number of aryl methyl sites for hydroxylation is 1. The first-order valence-corrected chi connectivity index (χ1v) is 6.69. The van der Waals surface area contributed by atoms with Gasteiger partial charge in [-0.15, -0.1) is 0 Å². The standard InChI is InChI=1S/C14H19N3O2/c1-17-7-6-15-14(17)13(12-5-3-9-19-12)16-11-4-2-8-18-10-11/h3,5-7,9,11,13,16H,2,4,8,10H2,1H3. The molecule has 0 saturated carbocycles. The molecule has 1 aliphatic rings. The van der Waals surface area contributed by atoms with Gasteiger partial charge in [-0.1, -0.05) is 0 Å². The van der Waals surface area contributed by atoms with Crippen molar-refractivity contribution in [1.29, 1.82) is 0 Å². The number of nitrogens with one attached hydrogen (secondary N) is 1. The van der Waals surface area contributed by atoms with Gasteiger partial charge in [0.2, 0.25) is 0 Å². The van der Waals surface area contributed by atoms with Crippen LogP contribution in [0.2, 0.25) is 0 Å². The van der Waals surface area contributed by atoms with E-state index in [0.29, 0.717) is 6.04 Å². The van der Waals surface area contributed by atoms with Crippen LogP contribution in [0.25, 0.3) is 0 Å². The highest BCUT2D eigenvalue weighted by Gasteiger charge is 2.25. The molecule has 102 valence electrons. The smallest absolute Gasteiger partial charge is 0.133 e. The van der Waals surface area contributed by atoms with Crippen LogP contribution < -0.4 is 5.32 Å². The molecule has 19 heavy (non-hydrogen) atoms. The molecule has 5 heteroatoms. The van der Waals surface area contributed by atoms with Crippen molar-refractivity contribution in [2.45, 2.75) is 24.9 Å². The monoisotopic (exact) mass is 261 g/mol. The zero-order chi connectivity index (χ0) is 13.1. The van der Waals surface area contributed by atoms with Gasteiger partial charge in [0.1, 0.15) is 17.6 Å². The molecular weight excluding hydrogens is 242 g/mol. The van der Waals surface area contributed by atoms with Gasteiger partial charge in [0, 0.05) is 32.1 Å². The summed E-state index contributed by atoms with van der Waals surface area (Å²) in [5, 5.41) is 3.60. The predicted octanol–water partition coefficient (Wildman–Crippen LogP) is 1.87. The molecule has 1 N–H and O–H groups in total. The normalized spacial score (nSPS) is 21.4. The zero-order valence-corrected chi connectivity index (χ0v) is 11.1. The van der Waals surface area contributed by atoms with Gasteiger partial charge >= 0.3 is 0 Å². The second-order valence-corrected chi connectivity index (χ2v) is 4.93. The fourth-order valence-electron chi connectivity index (χ4n) is 2.50. The van der Waals surface area contributed by atoms with Crippen molar-refractivity contribution in [3.05, 3.63) is 42.4 Å². The van der Waals surface area contributed by atoms with Crippen LogP contribution in [0.15, 0.2) is 35.2 Å². The van der Waals surface area contributed by atoms with E-state index < -0.39 is 0 Å². The van der Waals surface area contributed by atoms with Crippen molar-refractivity contribution in [1.82, 2.24) is 14.9 Å². The Morgan fingerprint density at radius 3 is 3.11 bits per heavy atom. The lowest BCUT2D eigenvalue weighted by Gasteiger charge is -2.27. The average Bonchev–Trinajstić information content (AvgIpc) is 3.09. The molecular formula is C14H19N3O2. The number of aromatic nitrogens is 2. The van der Waals surface area contributed by atoms with Crippen LogP contribution in [0.3, 0.4) is 0 Å². The van der Waals surface area contributed by atoms with Crippen molar-refractivity contribution in [3.63, 3.8) is 0 Å². The van der Waals surface area contributed by atoms with Crippen LogP contribution in [0, 0.1) is 0 Å². The van der Waals surface area contributed by atoms with Crippen molar-refractivity contribution in [2.75, 3.05) is 13.2 Å². The molecule has 1 saturated heterocycles. The fraction of sp³-hybridized carbons (Fsp3) is 0.500. The lowest BCUT2D eigenvalue weighted by Crippen LogP contribution is -2.40.